The van der Waals surface area contributed by atoms with Gasteiger partial charge < -0.3 is 24.3 Å². The Bertz CT molecular complexity index is 6800. The quantitative estimate of drug-likeness (QED) is 0.130. The number of methoxy groups -OCH3 is 1. The molecule has 144 heavy (non-hydrogen) atoms. The number of fused-ring (bicyclic) bond motifs is 16. The number of carbonyl (C=O) groups is 8. The van der Waals surface area contributed by atoms with Crippen LogP contribution in [0.1, 0.15) is 196 Å². The first-order valence-electron chi connectivity index (χ1n) is 50.6. The maximum Gasteiger partial charge on any atom is 0.230 e. The minimum absolute atomic E-state index is 0.0398. The van der Waals surface area contributed by atoms with E-state index in [1.54, 1.807) is 97.4 Å². The number of Topliss-reactive ketones (excluding diaryl/α,β-unsaturated/α-hetero) is 4. The monoisotopic (exact) mass is 1940 g/mol. The Balaban J connectivity index is 0.000000132. The van der Waals surface area contributed by atoms with Gasteiger partial charge in [-0.2, -0.15) is 0 Å². The number of benzene rings is 12. The molecule has 20 rings (SSSR count). The molecule has 0 saturated carbocycles. The molecule has 8 bridgehead atoms. The van der Waals surface area contributed by atoms with E-state index < -0.39 is 23.7 Å². The minimum Gasteiger partial charge on any atom is -0.497 e. The Hall–Kier alpha value is -14.2. The summed E-state index contributed by atoms with van der Waals surface area (Å²) in [5.41, 5.74) is 31.2. The zero-order valence-electron chi connectivity index (χ0n) is 83.1. The Morgan fingerprint density at radius 1 is 0.333 bits per heavy atom. The van der Waals surface area contributed by atoms with Gasteiger partial charge >= 0.3 is 0 Å². The van der Waals surface area contributed by atoms with Gasteiger partial charge in [-0.1, -0.05) is 234 Å². The van der Waals surface area contributed by atoms with E-state index in [0.717, 1.165) is 191 Å². The summed E-state index contributed by atoms with van der Waals surface area (Å²) < 4.78 is 48.9. The number of amides is 4. The topological polar surface area (TPSA) is 159 Å². The molecule has 17 heteroatoms. The second-order valence-electron chi connectivity index (χ2n) is 40.1. The molecule has 4 atom stereocenters. The first-order chi connectivity index (χ1) is 69.7. The lowest BCUT2D eigenvalue weighted by atomic mass is 9.89. The lowest BCUT2D eigenvalue weighted by molar-refractivity contribution is -0.137. The molecule has 12 aromatic carbocycles. The fourth-order valence-electron chi connectivity index (χ4n) is 22.4. The second kappa shape index (κ2) is 46.9. The van der Waals surface area contributed by atoms with Crippen molar-refractivity contribution in [1.82, 2.24) is 4.90 Å². The number of hydrogen-bond donors (Lipinski definition) is 0. The van der Waals surface area contributed by atoms with Gasteiger partial charge in [0, 0.05) is 132 Å². The largest absolute Gasteiger partial charge is 0.497 e. The van der Waals surface area contributed by atoms with Gasteiger partial charge in [-0.05, 0) is 336 Å². The van der Waals surface area contributed by atoms with Crippen molar-refractivity contribution < 1.29 is 56.3 Å². The van der Waals surface area contributed by atoms with Crippen molar-refractivity contribution in [2.75, 3.05) is 50.0 Å². The number of ether oxygens (including phenoxy) is 1. The molecule has 0 aromatic heterocycles. The molecule has 8 aliphatic carbocycles. The maximum atomic E-state index is 14.5. The van der Waals surface area contributed by atoms with E-state index in [-0.39, 0.29) is 89.9 Å². The van der Waals surface area contributed by atoms with Crippen molar-refractivity contribution in [2.45, 2.75) is 180 Å². The first kappa shape index (κ1) is 101. The number of aryl methyl sites for hydroxylation is 4. The number of allylic oxidation sites excluding steroid dienone is 9. The van der Waals surface area contributed by atoms with Crippen molar-refractivity contribution in [3.63, 3.8) is 0 Å². The van der Waals surface area contributed by atoms with Crippen molar-refractivity contribution >= 4 is 104 Å². The molecule has 13 nitrogen and oxygen atoms in total. The third-order valence-corrected chi connectivity index (χ3v) is 29.9. The second-order valence-corrected chi connectivity index (χ2v) is 40.6. The molecule has 0 radical (unpaired) electrons. The molecule has 0 saturated heterocycles. The van der Waals surface area contributed by atoms with Crippen molar-refractivity contribution in [3.8, 4) is 5.75 Å². The first-order valence-corrected chi connectivity index (χ1v) is 51.0. The number of ketones is 4. The average molecular weight is 1940 g/mol. The van der Waals surface area contributed by atoms with E-state index in [4.69, 9.17) is 16.3 Å². The van der Waals surface area contributed by atoms with Crippen LogP contribution in [0.15, 0.2) is 307 Å². The van der Waals surface area contributed by atoms with Crippen LogP contribution in [0, 0.1) is 48.0 Å². The van der Waals surface area contributed by atoms with Crippen LogP contribution in [0.3, 0.4) is 0 Å². The predicted octanol–water partition coefficient (Wildman–Crippen LogP) is 26.3. The number of nitrogens with zero attached hydrogens (tertiary/aromatic N) is 4. The summed E-state index contributed by atoms with van der Waals surface area (Å²) in [5, 5.41) is 0.588. The molecule has 4 amide bonds. The van der Waals surface area contributed by atoms with Crippen molar-refractivity contribution in [1.29, 1.82) is 0 Å². The molecule has 12 aromatic rings. The standard InChI is InChI=1S/2C32H32FNO2.C32H31NO3.C31H29ClFNO2/c1-21-10-12-28(13-11-21)34(2)32(36)26-15-23-14-22(16-27(33)17-23)6-5-8-25-18-24-7-3-4-9-30(24)31(25)20-29(35)19-26;1-34(21-22-8-3-2-4-9-22)32(36)27-15-24-14-23(16-28(33)17-24)10-7-12-26-18-25-11-5-6-13-30(25)31(26)20-29(35)19-27;1-33(27-13-15-29(36-2)16-14-27)32(35)26-18-23-9-5-7-22(17-23)8-6-11-25-19-24-10-3-4-12-30(24)31(25)21-28(34)20-26;1-34(27-11-9-25(32)10-12-27)31(36)24-14-21-13-20(15-26(33)16-21)5-4-7-23-17-22-6-2-3-8-29(22)30(23)19-28(35)18-24/h3-4,7,9-14,16-17,26H,5-6,8,15,18-20H2,1-2H3;2-6,8-9,11,13-14,16-17,27H,7,10,12,15,18-21H2,1H3;3-10,12-17,26H,11,18-21H2,1-2H3;2-3,6,8-13,15-16,24H,4-5,7,14,17-19H2,1H3/b;;8-6+;/t26-;27-;26-;24-/m1111/s1. The fourth-order valence-corrected chi connectivity index (χ4v) is 22.5. The summed E-state index contributed by atoms with van der Waals surface area (Å²) in [6.45, 7) is 2.48. The predicted molar refractivity (Wildman–Crippen MR) is 571 cm³/mol. The zero-order valence-corrected chi connectivity index (χ0v) is 83.8. The number of halogens is 4. The van der Waals surface area contributed by atoms with Gasteiger partial charge in [-0.25, -0.2) is 13.2 Å². The highest BCUT2D eigenvalue weighted by Crippen LogP contribution is 2.45. The van der Waals surface area contributed by atoms with Gasteiger partial charge in [0.1, 0.15) is 46.3 Å². The molecule has 0 unspecified atom stereocenters. The summed E-state index contributed by atoms with van der Waals surface area (Å²) in [7, 11) is 8.65. The smallest absolute Gasteiger partial charge is 0.230 e. The lowest BCUT2D eigenvalue weighted by Crippen LogP contribution is -2.35. The molecule has 0 aliphatic heterocycles. The van der Waals surface area contributed by atoms with Crippen LogP contribution in [0.2, 0.25) is 5.02 Å². The van der Waals surface area contributed by atoms with E-state index in [1.165, 1.54) is 79.4 Å². The van der Waals surface area contributed by atoms with Crippen molar-refractivity contribution in [3.05, 3.63) is 430 Å². The van der Waals surface area contributed by atoms with Crippen LogP contribution in [0.4, 0.5) is 30.2 Å². The summed E-state index contributed by atoms with van der Waals surface area (Å²) in [6.07, 6.45) is 19.9. The van der Waals surface area contributed by atoms with Crippen LogP contribution in [0.5, 0.6) is 5.75 Å². The molecule has 0 heterocycles. The molecular weight excluding hydrogens is 1820 g/mol. The maximum absolute atomic E-state index is 14.5. The molecule has 8 aliphatic rings. The third-order valence-electron chi connectivity index (χ3n) is 29.6. The number of hydrogen-bond acceptors (Lipinski definition) is 9. The summed E-state index contributed by atoms with van der Waals surface area (Å²) >= 11 is 6.02. The highest BCUT2D eigenvalue weighted by molar-refractivity contribution is 6.30. The van der Waals surface area contributed by atoms with E-state index in [2.05, 4.69) is 78.9 Å². The van der Waals surface area contributed by atoms with Gasteiger partial charge in [0.15, 0.2) is 0 Å². The average Bonchev–Trinajstić information content (AvgIpc) is 1.66. The van der Waals surface area contributed by atoms with E-state index in [9.17, 15) is 51.5 Å². The van der Waals surface area contributed by atoms with Gasteiger partial charge in [0.2, 0.25) is 23.6 Å². The zero-order chi connectivity index (χ0) is 101. The Morgan fingerprint density at radius 2 is 0.667 bits per heavy atom. The molecule has 0 N–H and O–H groups in total. The number of rotatable bonds is 10. The van der Waals surface area contributed by atoms with E-state index >= 15 is 0 Å². The van der Waals surface area contributed by atoms with Gasteiger partial charge in [0.25, 0.3) is 0 Å². The minimum atomic E-state index is -0.589. The molecule has 0 fully saturated rings. The van der Waals surface area contributed by atoms with E-state index in [0.29, 0.717) is 68.6 Å². The Morgan fingerprint density at radius 3 is 1.06 bits per heavy atom. The van der Waals surface area contributed by atoms with Crippen LogP contribution < -0.4 is 19.4 Å². The van der Waals surface area contributed by atoms with Gasteiger partial charge in [-0.15, -0.1) is 0 Å². The molecular formula is C127H124ClF3N4O9. The Labute approximate surface area is 849 Å². The van der Waals surface area contributed by atoms with Crippen LogP contribution in [-0.2, 0) is 116 Å². The summed E-state index contributed by atoms with van der Waals surface area (Å²) in [5.74, 6) is -2.35. The normalized spacial score (nSPS) is 18.0. The number of carbonyl (C=O) groups excluding carboxylic acids is 8. The third kappa shape index (κ3) is 25.5. The molecule has 734 valence electrons. The Kier molecular flexibility index (Phi) is 33.0. The van der Waals surface area contributed by atoms with Crippen molar-refractivity contribution in [2.24, 2.45) is 23.7 Å². The summed E-state index contributed by atoms with van der Waals surface area (Å²) in [6, 6.07) is 89.0. The lowest BCUT2D eigenvalue weighted by Gasteiger charge is -2.24. The van der Waals surface area contributed by atoms with Crippen LogP contribution in [0.25, 0.3) is 28.4 Å². The highest BCUT2D eigenvalue weighted by Gasteiger charge is 2.36. The molecule has 0 spiro atoms. The number of anilines is 3. The van der Waals surface area contributed by atoms with Crippen LogP contribution in [-0.4, -0.2) is 87.0 Å². The fraction of sp³-hybridized carbons (Fsp3) is 0.291. The van der Waals surface area contributed by atoms with Crippen LogP contribution >= 0.6 is 11.6 Å². The van der Waals surface area contributed by atoms with Gasteiger partial charge in [-0.3, -0.25) is 38.4 Å². The van der Waals surface area contributed by atoms with Gasteiger partial charge in [0.05, 0.1) is 7.11 Å². The summed E-state index contributed by atoms with van der Waals surface area (Å²) in [4.78, 5) is 115. The van der Waals surface area contributed by atoms with E-state index in [1.807, 2.05) is 159 Å². The highest BCUT2D eigenvalue weighted by atomic mass is 35.5. The SMILES string of the molecule is CN(C(=O)[C@H]1CC(=O)CC2=C(CCCc3cc(F)cc(c3)C1)Cc1ccccc12)c1ccc(Cl)cc1.CN(Cc1ccccc1)C(=O)[C@H]1CC(=O)CC2=C(CCCc3cc(F)cc(c3)C1)Cc1ccccc12.COc1ccc(N(C)C(=O)[C@H]2CC(=O)CC3=C(C/C=C/c4cccc(c4)C2)Cc2ccccc23)cc1.Cc1ccc(N(C)C(=O)[C@H]2CC(=O)CC3=C(CCCc4cc(F)cc(c4)C2)Cc2ccccc23)cc1.